The lowest BCUT2D eigenvalue weighted by atomic mass is 9.96. The maximum absolute atomic E-state index is 14.1. The lowest BCUT2D eigenvalue weighted by Crippen LogP contribution is -2.35. The Labute approximate surface area is 110 Å². The number of ether oxygens (including phenoxy) is 2. The van der Waals surface area contributed by atoms with Crippen molar-refractivity contribution >= 4 is 11.6 Å². The van der Waals surface area contributed by atoms with Gasteiger partial charge in [-0.1, -0.05) is 18.0 Å². The molecule has 1 atom stereocenters. The van der Waals surface area contributed by atoms with Gasteiger partial charge in [0, 0.05) is 17.7 Å². The fourth-order valence-electron chi connectivity index (χ4n) is 2.58. The molecule has 98 valence electrons. The molecule has 3 nitrogen and oxygen atoms in total. The number of benzene rings is 1. The minimum absolute atomic E-state index is 0.102. The molecule has 1 N–H and O–H groups in total. The van der Waals surface area contributed by atoms with Crippen LogP contribution in [-0.2, 0) is 6.42 Å². The largest absolute Gasteiger partial charge is 0.454 e. The molecule has 0 spiro atoms. The van der Waals surface area contributed by atoms with Crippen molar-refractivity contribution < 1.29 is 13.9 Å². The van der Waals surface area contributed by atoms with Gasteiger partial charge in [0.05, 0.1) is 5.02 Å². The zero-order valence-electron chi connectivity index (χ0n) is 9.97. The third-order valence-corrected chi connectivity index (χ3v) is 3.79. The van der Waals surface area contributed by atoms with Gasteiger partial charge in [-0.15, -0.1) is 0 Å². The van der Waals surface area contributed by atoms with Gasteiger partial charge in [0.2, 0.25) is 6.79 Å². The molecule has 0 radical (unpaired) electrons. The average molecular weight is 272 g/mol. The molecule has 3 rings (SSSR count). The quantitative estimate of drug-likeness (QED) is 0.897. The van der Waals surface area contributed by atoms with Crippen molar-refractivity contribution in [3.05, 3.63) is 22.5 Å². The minimum Gasteiger partial charge on any atom is -0.454 e. The van der Waals surface area contributed by atoms with E-state index in [1.807, 2.05) is 0 Å². The second-order valence-electron chi connectivity index (χ2n) is 4.74. The lowest BCUT2D eigenvalue weighted by molar-refractivity contribution is 0.173. The lowest BCUT2D eigenvalue weighted by Gasteiger charge is -2.24. The molecule has 0 aromatic heterocycles. The third kappa shape index (κ3) is 2.15. The van der Waals surface area contributed by atoms with Crippen molar-refractivity contribution in [2.24, 2.45) is 0 Å². The summed E-state index contributed by atoms with van der Waals surface area (Å²) in [7, 11) is 0. The Kier molecular flexibility index (Phi) is 3.31. The summed E-state index contributed by atoms with van der Waals surface area (Å²) in [6.45, 7) is 1.13. The van der Waals surface area contributed by atoms with Crippen LogP contribution in [-0.4, -0.2) is 19.4 Å². The number of rotatable bonds is 2. The van der Waals surface area contributed by atoms with Crippen LogP contribution < -0.4 is 14.8 Å². The molecule has 1 aromatic carbocycles. The summed E-state index contributed by atoms with van der Waals surface area (Å²) in [4.78, 5) is 0. The normalized spacial score (nSPS) is 22.2. The summed E-state index contributed by atoms with van der Waals surface area (Å²) in [5.74, 6) is 0.685. The fraction of sp³-hybridized carbons (Fsp3) is 0.538. The van der Waals surface area contributed by atoms with E-state index < -0.39 is 0 Å². The van der Waals surface area contributed by atoms with Crippen LogP contribution in [0.1, 0.15) is 24.8 Å². The summed E-state index contributed by atoms with van der Waals surface area (Å²) in [6.07, 6.45) is 4.02. The van der Waals surface area contributed by atoms with Crippen molar-refractivity contribution in [1.82, 2.24) is 5.32 Å². The van der Waals surface area contributed by atoms with Crippen molar-refractivity contribution in [3.63, 3.8) is 0 Å². The van der Waals surface area contributed by atoms with Crippen molar-refractivity contribution in [2.75, 3.05) is 13.3 Å². The molecule has 1 unspecified atom stereocenters. The van der Waals surface area contributed by atoms with Crippen molar-refractivity contribution in [2.45, 2.75) is 31.7 Å². The predicted molar refractivity (Wildman–Crippen MR) is 66.9 cm³/mol. The van der Waals surface area contributed by atoms with Crippen LogP contribution in [0.2, 0.25) is 5.02 Å². The van der Waals surface area contributed by atoms with Crippen molar-refractivity contribution in [1.29, 1.82) is 0 Å². The van der Waals surface area contributed by atoms with Gasteiger partial charge in [-0.05, 0) is 25.8 Å². The Bertz CT molecular complexity index is 461. The number of hydrogen-bond donors (Lipinski definition) is 1. The molecule has 0 amide bonds. The average Bonchev–Trinajstić information content (AvgIpc) is 2.84. The highest BCUT2D eigenvalue weighted by Gasteiger charge is 2.26. The van der Waals surface area contributed by atoms with Crippen LogP contribution >= 0.6 is 11.6 Å². The minimum atomic E-state index is -0.381. The number of hydrogen-bond acceptors (Lipinski definition) is 3. The third-order valence-electron chi connectivity index (χ3n) is 3.51. The molecule has 0 bridgehead atoms. The molecule has 1 aromatic rings. The van der Waals surface area contributed by atoms with E-state index in [9.17, 15) is 4.39 Å². The molecular formula is C13H15ClFNO2. The van der Waals surface area contributed by atoms with Crippen LogP contribution in [0.15, 0.2) is 6.07 Å². The van der Waals surface area contributed by atoms with Crippen LogP contribution in [0.25, 0.3) is 0 Å². The van der Waals surface area contributed by atoms with E-state index in [1.165, 1.54) is 18.9 Å². The van der Waals surface area contributed by atoms with Gasteiger partial charge in [-0.25, -0.2) is 4.39 Å². The molecule has 2 aliphatic rings. The molecule has 0 saturated carbocycles. The summed E-state index contributed by atoms with van der Waals surface area (Å²) >= 11 is 5.88. The highest BCUT2D eigenvalue weighted by molar-refractivity contribution is 6.31. The van der Waals surface area contributed by atoms with Gasteiger partial charge < -0.3 is 14.8 Å². The molecule has 1 fully saturated rings. The van der Waals surface area contributed by atoms with Gasteiger partial charge in [0.25, 0.3) is 0 Å². The molecule has 2 aliphatic heterocycles. The molecular weight excluding hydrogens is 257 g/mol. The Hall–Kier alpha value is -1.00. The summed E-state index contributed by atoms with van der Waals surface area (Å²) in [6, 6.07) is 1.77. The van der Waals surface area contributed by atoms with Crippen LogP contribution in [0.4, 0.5) is 4.39 Å². The van der Waals surface area contributed by atoms with Gasteiger partial charge >= 0.3 is 0 Å². The zero-order valence-corrected chi connectivity index (χ0v) is 10.7. The Morgan fingerprint density at radius 1 is 1.39 bits per heavy atom. The maximum Gasteiger partial charge on any atom is 0.231 e. The smallest absolute Gasteiger partial charge is 0.231 e. The number of halogens is 2. The Balaban J connectivity index is 1.90. The number of nitrogens with one attached hydrogen (secondary N) is 1. The van der Waals surface area contributed by atoms with Crippen LogP contribution in [0.5, 0.6) is 11.5 Å². The van der Waals surface area contributed by atoms with Crippen molar-refractivity contribution in [3.8, 4) is 11.5 Å². The van der Waals surface area contributed by atoms with E-state index in [4.69, 9.17) is 21.1 Å². The van der Waals surface area contributed by atoms with Gasteiger partial charge in [-0.2, -0.15) is 0 Å². The second kappa shape index (κ2) is 4.94. The monoisotopic (exact) mass is 271 g/mol. The highest BCUT2D eigenvalue weighted by atomic mass is 35.5. The topological polar surface area (TPSA) is 30.5 Å². The first-order valence-corrected chi connectivity index (χ1v) is 6.63. The summed E-state index contributed by atoms with van der Waals surface area (Å²) in [5.41, 5.74) is 0.536. The van der Waals surface area contributed by atoms with E-state index in [0.29, 0.717) is 29.5 Å². The summed E-state index contributed by atoms with van der Waals surface area (Å²) in [5, 5.41) is 3.50. The molecule has 18 heavy (non-hydrogen) atoms. The number of fused-ring (bicyclic) bond motifs is 1. The highest BCUT2D eigenvalue weighted by Crippen LogP contribution is 2.41. The fourth-order valence-corrected chi connectivity index (χ4v) is 2.79. The molecule has 5 heteroatoms. The predicted octanol–water partition coefficient (Wildman–Crippen LogP) is 2.89. The SMILES string of the molecule is Fc1c(Cl)cc2c(c1CC1CCCCN1)OCO2. The molecule has 2 heterocycles. The van der Waals surface area contributed by atoms with Gasteiger partial charge in [0.15, 0.2) is 11.5 Å². The first-order chi connectivity index (χ1) is 8.75. The van der Waals surface area contributed by atoms with E-state index in [-0.39, 0.29) is 17.6 Å². The maximum atomic E-state index is 14.1. The summed E-state index contributed by atoms with van der Waals surface area (Å²) < 4.78 is 24.7. The van der Waals surface area contributed by atoms with Crippen LogP contribution in [0.3, 0.4) is 0 Å². The number of piperidine rings is 1. The first-order valence-electron chi connectivity index (χ1n) is 6.25. The van der Waals surface area contributed by atoms with E-state index in [0.717, 1.165) is 13.0 Å². The van der Waals surface area contributed by atoms with Gasteiger partial charge in [-0.3, -0.25) is 0 Å². The first kappa shape index (κ1) is 12.1. The molecule has 1 saturated heterocycles. The van der Waals surface area contributed by atoms with E-state index >= 15 is 0 Å². The van der Waals surface area contributed by atoms with Crippen LogP contribution in [0, 0.1) is 5.82 Å². The Morgan fingerprint density at radius 3 is 3.06 bits per heavy atom. The van der Waals surface area contributed by atoms with Gasteiger partial charge in [0.1, 0.15) is 5.82 Å². The standard InChI is InChI=1S/C13H15ClFNO2/c14-10-6-11-13(18-7-17-11)9(12(10)15)5-8-3-1-2-4-16-8/h6,8,16H,1-5,7H2. The van der Waals surface area contributed by atoms with E-state index in [1.54, 1.807) is 0 Å². The molecule has 0 aliphatic carbocycles. The van der Waals surface area contributed by atoms with E-state index in [2.05, 4.69) is 5.32 Å². The zero-order chi connectivity index (χ0) is 12.5. The second-order valence-corrected chi connectivity index (χ2v) is 5.14. The Morgan fingerprint density at radius 2 is 2.28 bits per heavy atom.